The molecular weight excluding hydrogens is 482 g/mol. The van der Waals surface area contributed by atoms with Gasteiger partial charge in [-0.15, -0.1) is 0 Å². The predicted octanol–water partition coefficient (Wildman–Crippen LogP) is 4.21. The van der Waals surface area contributed by atoms with Crippen LogP contribution in [0.25, 0.3) is 0 Å². The third kappa shape index (κ3) is 9.17. The molecule has 0 bridgehead atoms. The van der Waals surface area contributed by atoms with E-state index in [2.05, 4.69) is 0 Å². The van der Waals surface area contributed by atoms with E-state index < -0.39 is 24.8 Å². The highest BCUT2D eigenvalue weighted by Gasteiger charge is 2.22. The van der Waals surface area contributed by atoms with Gasteiger partial charge >= 0.3 is 5.97 Å². The predicted molar refractivity (Wildman–Crippen MR) is 139 cm³/mol. The first-order valence-electron chi connectivity index (χ1n) is 11.8. The molecule has 0 radical (unpaired) electrons. The molecule has 8 heteroatoms. The largest absolute Gasteiger partial charge is 0.491 e. The Morgan fingerprint density at radius 1 is 0.917 bits per heavy atom. The summed E-state index contributed by atoms with van der Waals surface area (Å²) in [7, 11) is 0. The molecule has 3 atom stereocenters. The number of aliphatic hydroxyl groups excluding tert-OH is 2. The van der Waals surface area contributed by atoms with Crippen LogP contribution in [0.3, 0.4) is 0 Å². The smallest absolute Gasteiger partial charge is 0.341 e. The second-order valence-corrected chi connectivity index (χ2v) is 9.12. The molecule has 0 saturated carbocycles. The van der Waals surface area contributed by atoms with Gasteiger partial charge in [0, 0.05) is 24.2 Å². The van der Waals surface area contributed by atoms with Gasteiger partial charge in [0.05, 0.1) is 6.10 Å². The first-order chi connectivity index (χ1) is 17.3. The van der Waals surface area contributed by atoms with E-state index in [4.69, 9.17) is 26.2 Å². The molecule has 192 valence electrons. The lowest BCUT2D eigenvalue weighted by molar-refractivity contribution is -0.139. The SMILES string of the molecule is C[C@H](Cc1ccc(OCC(=O)O)cc1)N(C[C@H](O)COc1ccccc1)C[C@H](O)c1cccc(Cl)c1. The lowest BCUT2D eigenvalue weighted by Gasteiger charge is -2.33. The fourth-order valence-corrected chi connectivity index (χ4v) is 4.04. The van der Waals surface area contributed by atoms with E-state index in [0.29, 0.717) is 41.6 Å². The number of benzene rings is 3. The molecule has 3 aromatic carbocycles. The van der Waals surface area contributed by atoms with Gasteiger partial charge in [0.1, 0.15) is 24.2 Å². The van der Waals surface area contributed by atoms with Crippen molar-refractivity contribution in [2.75, 3.05) is 26.3 Å². The van der Waals surface area contributed by atoms with Crippen molar-refractivity contribution in [3.05, 3.63) is 95.0 Å². The summed E-state index contributed by atoms with van der Waals surface area (Å²) in [6.07, 6.45) is -0.917. The summed E-state index contributed by atoms with van der Waals surface area (Å²) < 4.78 is 10.9. The summed E-state index contributed by atoms with van der Waals surface area (Å²) >= 11 is 6.11. The Hall–Kier alpha value is -3.10. The summed E-state index contributed by atoms with van der Waals surface area (Å²) in [4.78, 5) is 12.7. The fourth-order valence-electron chi connectivity index (χ4n) is 3.85. The van der Waals surface area contributed by atoms with Crippen LogP contribution in [0.4, 0.5) is 0 Å². The quantitative estimate of drug-likeness (QED) is 0.297. The molecule has 0 fully saturated rings. The zero-order valence-electron chi connectivity index (χ0n) is 20.2. The molecular formula is C28H32ClNO6. The number of carboxylic acids is 1. The van der Waals surface area contributed by atoms with E-state index in [1.807, 2.05) is 60.4 Å². The Balaban J connectivity index is 1.66. The molecule has 3 aromatic rings. The van der Waals surface area contributed by atoms with Crippen LogP contribution >= 0.6 is 11.6 Å². The van der Waals surface area contributed by atoms with Gasteiger partial charge in [0.25, 0.3) is 0 Å². The van der Waals surface area contributed by atoms with E-state index in [0.717, 1.165) is 5.56 Å². The van der Waals surface area contributed by atoms with Crippen LogP contribution in [-0.4, -0.2) is 64.6 Å². The van der Waals surface area contributed by atoms with Crippen LogP contribution in [0.15, 0.2) is 78.9 Å². The van der Waals surface area contributed by atoms with Crippen LogP contribution in [0.2, 0.25) is 5.02 Å². The zero-order valence-corrected chi connectivity index (χ0v) is 20.9. The maximum Gasteiger partial charge on any atom is 0.341 e. The number of carbonyl (C=O) groups is 1. The van der Waals surface area contributed by atoms with Gasteiger partial charge < -0.3 is 24.8 Å². The number of aliphatic hydroxyl groups is 2. The van der Waals surface area contributed by atoms with Gasteiger partial charge in [-0.1, -0.05) is 54.1 Å². The minimum absolute atomic E-state index is 0.0315. The molecule has 3 N–H and O–H groups in total. The normalized spacial score (nSPS) is 13.7. The Morgan fingerprint density at radius 2 is 1.61 bits per heavy atom. The van der Waals surface area contributed by atoms with E-state index in [1.165, 1.54) is 0 Å². The molecule has 0 aliphatic rings. The molecule has 0 aliphatic carbocycles. The summed E-state index contributed by atoms with van der Waals surface area (Å²) in [6, 6.07) is 23.6. The van der Waals surface area contributed by atoms with Gasteiger partial charge in [0.15, 0.2) is 6.61 Å². The van der Waals surface area contributed by atoms with Crippen molar-refractivity contribution in [3.63, 3.8) is 0 Å². The summed E-state index contributed by atoms with van der Waals surface area (Å²) in [6.45, 7) is 2.35. The standard InChI is InChI=1S/C28H32ClNO6/c1-20(14-21-10-12-26(13-11-21)36-19-28(33)34)30(17-27(32)22-6-5-7-23(29)15-22)16-24(31)18-35-25-8-3-2-4-9-25/h2-13,15,20,24,27,31-32H,14,16-19H2,1H3,(H,33,34)/t20-,24+,27+/m1/s1. The molecule has 7 nitrogen and oxygen atoms in total. The molecule has 36 heavy (non-hydrogen) atoms. The first-order valence-corrected chi connectivity index (χ1v) is 12.1. The van der Waals surface area contributed by atoms with Crippen molar-refractivity contribution in [3.8, 4) is 11.5 Å². The molecule has 3 rings (SSSR count). The monoisotopic (exact) mass is 513 g/mol. The number of hydrogen-bond donors (Lipinski definition) is 3. The van der Waals surface area contributed by atoms with E-state index >= 15 is 0 Å². The number of rotatable bonds is 14. The second-order valence-electron chi connectivity index (χ2n) is 8.68. The third-order valence-electron chi connectivity index (χ3n) is 5.71. The summed E-state index contributed by atoms with van der Waals surface area (Å²) in [5.74, 6) is 0.132. The number of halogens is 1. The number of hydrogen-bond acceptors (Lipinski definition) is 6. The number of ether oxygens (including phenoxy) is 2. The van der Waals surface area contributed by atoms with Crippen molar-refractivity contribution in [2.45, 2.75) is 31.6 Å². The van der Waals surface area contributed by atoms with Crippen molar-refractivity contribution in [1.82, 2.24) is 4.90 Å². The van der Waals surface area contributed by atoms with Crippen LogP contribution in [0.1, 0.15) is 24.2 Å². The molecule has 0 aromatic heterocycles. The first kappa shape index (κ1) is 27.5. The average molecular weight is 514 g/mol. The van der Waals surface area contributed by atoms with Crippen molar-refractivity contribution in [1.29, 1.82) is 0 Å². The minimum atomic E-state index is -1.03. The zero-order chi connectivity index (χ0) is 25.9. The highest BCUT2D eigenvalue weighted by Crippen LogP contribution is 2.22. The number of nitrogens with zero attached hydrogens (tertiary/aromatic N) is 1. The van der Waals surface area contributed by atoms with E-state index in [1.54, 1.807) is 30.3 Å². The molecule has 0 spiro atoms. The van der Waals surface area contributed by atoms with E-state index in [9.17, 15) is 15.0 Å². The fraction of sp³-hybridized carbons (Fsp3) is 0.321. The van der Waals surface area contributed by atoms with Crippen LogP contribution < -0.4 is 9.47 Å². The highest BCUT2D eigenvalue weighted by atomic mass is 35.5. The Kier molecular flexibility index (Phi) is 10.6. The second kappa shape index (κ2) is 13.8. The third-order valence-corrected chi connectivity index (χ3v) is 5.95. The van der Waals surface area contributed by atoms with Gasteiger partial charge in [-0.25, -0.2) is 4.79 Å². The highest BCUT2D eigenvalue weighted by molar-refractivity contribution is 6.30. The van der Waals surface area contributed by atoms with Crippen molar-refractivity contribution in [2.24, 2.45) is 0 Å². The van der Waals surface area contributed by atoms with E-state index in [-0.39, 0.29) is 12.6 Å². The van der Waals surface area contributed by atoms with Crippen LogP contribution in [0, 0.1) is 0 Å². The average Bonchev–Trinajstić information content (AvgIpc) is 2.87. The molecule has 0 heterocycles. The minimum Gasteiger partial charge on any atom is -0.491 e. The molecule has 0 amide bonds. The van der Waals surface area contributed by atoms with Crippen molar-refractivity contribution < 1.29 is 29.6 Å². The topological polar surface area (TPSA) is 99.5 Å². The van der Waals surface area contributed by atoms with Gasteiger partial charge in [-0.05, 0) is 60.9 Å². The van der Waals surface area contributed by atoms with Crippen LogP contribution in [-0.2, 0) is 11.2 Å². The van der Waals surface area contributed by atoms with Crippen molar-refractivity contribution >= 4 is 17.6 Å². The molecule has 0 saturated heterocycles. The number of para-hydroxylation sites is 1. The molecule has 0 unspecified atom stereocenters. The number of aliphatic carboxylic acids is 1. The Morgan fingerprint density at radius 3 is 2.28 bits per heavy atom. The maximum absolute atomic E-state index is 10.9. The maximum atomic E-state index is 10.9. The van der Waals surface area contributed by atoms with Gasteiger partial charge in [-0.2, -0.15) is 0 Å². The summed E-state index contributed by atoms with van der Waals surface area (Å²) in [5.41, 5.74) is 1.72. The number of carboxylic acid groups (broad SMARTS) is 1. The van der Waals surface area contributed by atoms with Gasteiger partial charge in [-0.3, -0.25) is 4.90 Å². The van der Waals surface area contributed by atoms with Crippen LogP contribution in [0.5, 0.6) is 11.5 Å². The molecule has 0 aliphatic heterocycles. The Labute approximate surface area is 216 Å². The lowest BCUT2D eigenvalue weighted by atomic mass is 10.0. The Bertz CT molecular complexity index is 1080. The summed E-state index contributed by atoms with van der Waals surface area (Å²) in [5, 5.41) is 31.0. The lowest BCUT2D eigenvalue weighted by Crippen LogP contribution is -2.44. The van der Waals surface area contributed by atoms with Gasteiger partial charge in [0.2, 0.25) is 0 Å².